The Kier molecular flexibility index (Phi) is 6.21. The molecule has 0 heterocycles. The molecule has 0 aromatic heterocycles. The summed E-state index contributed by atoms with van der Waals surface area (Å²) in [6.07, 6.45) is 6.40. The van der Waals surface area contributed by atoms with Gasteiger partial charge in [-0.25, -0.2) is 0 Å². The Hall–Kier alpha value is -1.17. The van der Waals surface area contributed by atoms with Crippen LogP contribution in [0.2, 0.25) is 0 Å². The Morgan fingerprint density at radius 3 is 2.26 bits per heavy atom. The van der Waals surface area contributed by atoms with Crippen LogP contribution in [0.15, 0.2) is 0 Å². The summed E-state index contributed by atoms with van der Waals surface area (Å²) >= 11 is 5.10. The lowest BCUT2D eigenvalue weighted by atomic mass is 9.73. The summed E-state index contributed by atoms with van der Waals surface area (Å²) < 4.78 is 0. The van der Waals surface area contributed by atoms with Crippen LogP contribution in [0, 0.1) is 5.41 Å². The van der Waals surface area contributed by atoms with Gasteiger partial charge in [-0.15, -0.1) is 0 Å². The van der Waals surface area contributed by atoms with Gasteiger partial charge in [0.2, 0.25) is 11.8 Å². The van der Waals surface area contributed by atoms with Gasteiger partial charge < -0.3 is 16.8 Å². The van der Waals surface area contributed by atoms with Crippen LogP contribution < -0.4 is 16.8 Å². The van der Waals surface area contributed by atoms with Gasteiger partial charge in [-0.05, 0) is 25.7 Å². The van der Waals surface area contributed by atoms with E-state index < -0.39 is 5.41 Å². The van der Waals surface area contributed by atoms with Gasteiger partial charge in [0.1, 0.15) is 0 Å². The van der Waals surface area contributed by atoms with Crippen LogP contribution in [-0.4, -0.2) is 23.3 Å². The Morgan fingerprint density at radius 1 is 1.11 bits per heavy atom. The number of carbonyl (C=O) groups is 2. The summed E-state index contributed by atoms with van der Waals surface area (Å²) in [5, 5.41) is 2.89. The number of thiocarbonyl (C=S) groups is 1. The van der Waals surface area contributed by atoms with Gasteiger partial charge in [-0.2, -0.15) is 0 Å². The second-order valence-electron chi connectivity index (χ2n) is 5.19. The largest absolute Gasteiger partial charge is 0.392 e. The van der Waals surface area contributed by atoms with E-state index in [9.17, 15) is 9.59 Å². The van der Waals surface area contributed by atoms with E-state index in [1.165, 1.54) is 0 Å². The molecule has 19 heavy (non-hydrogen) atoms. The molecule has 1 aliphatic rings. The van der Waals surface area contributed by atoms with E-state index >= 15 is 0 Å². The van der Waals surface area contributed by atoms with E-state index in [1.54, 1.807) is 0 Å². The van der Waals surface area contributed by atoms with Gasteiger partial charge in [0.15, 0.2) is 0 Å². The monoisotopic (exact) mass is 285 g/mol. The fourth-order valence-corrected chi connectivity index (χ4v) is 2.83. The van der Waals surface area contributed by atoms with E-state index in [1.807, 2.05) is 0 Å². The van der Waals surface area contributed by atoms with Crippen LogP contribution in [0.1, 0.15) is 51.4 Å². The Labute approximate surface area is 119 Å². The van der Waals surface area contributed by atoms with Crippen LogP contribution >= 0.6 is 12.2 Å². The molecule has 0 spiro atoms. The number of carbonyl (C=O) groups excluding carboxylic acids is 2. The first-order valence-corrected chi connectivity index (χ1v) is 7.26. The first kappa shape index (κ1) is 15.9. The van der Waals surface area contributed by atoms with Crippen LogP contribution in [0.5, 0.6) is 0 Å². The summed E-state index contributed by atoms with van der Waals surface area (Å²) in [6, 6.07) is 0. The highest BCUT2D eigenvalue weighted by molar-refractivity contribution is 7.80. The molecular formula is C13H23N3O2S. The molecule has 1 saturated carbocycles. The van der Waals surface area contributed by atoms with Crippen molar-refractivity contribution in [3.05, 3.63) is 0 Å². The summed E-state index contributed by atoms with van der Waals surface area (Å²) in [6.45, 7) is 0.538. The molecule has 5 N–H and O–H groups in total. The highest BCUT2D eigenvalue weighted by Gasteiger charge is 2.41. The van der Waals surface area contributed by atoms with E-state index in [4.69, 9.17) is 23.7 Å². The topological polar surface area (TPSA) is 98.2 Å². The molecule has 0 aliphatic heterocycles. The Bertz CT molecular complexity index is 352. The summed E-state index contributed by atoms with van der Waals surface area (Å²) in [4.78, 5) is 23.2. The number of hydrogen-bond donors (Lipinski definition) is 3. The van der Waals surface area contributed by atoms with Gasteiger partial charge in [0.05, 0.1) is 10.4 Å². The molecule has 6 heteroatoms. The van der Waals surface area contributed by atoms with Crippen LogP contribution in [0.25, 0.3) is 0 Å². The van der Waals surface area contributed by atoms with Crippen molar-refractivity contribution in [2.75, 3.05) is 6.54 Å². The van der Waals surface area contributed by atoms with Crippen molar-refractivity contribution >= 4 is 29.0 Å². The molecule has 5 nitrogen and oxygen atoms in total. The van der Waals surface area contributed by atoms with Gasteiger partial charge >= 0.3 is 0 Å². The van der Waals surface area contributed by atoms with E-state index in [-0.39, 0.29) is 11.8 Å². The van der Waals surface area contributed by atoms with E-state index in [2.05, 4.69) is 5.32 Å². The average molecular weight is 285 g/mol. The third-order valence-electron chi connectivity index (χ3n) is 3.75. The molecule has 0 atom stereocenters. The maximum atomic E-state index is 12.3. The van der Waals surface area contributed by atoms with E-state index in [0.29, 0.717) is 24.4 Å². The smallest absolute Gasteiger partial charge is 0.233 e. The molecule has 1 rings (SSSR count). The lowest BCUT2D eigenvalue weighted by Crippen LogP contribution is -2.50. The number of unbranched alkanes of at least 4 members (excludes halogenated alkanes) is 1. The Morgan fingerprint density at radius 2 is 1.74 bits per heavy atom. The molecule has 1 aliphatic carbocycles. The molecule has 0 aromatic carbocycles. The molecule has 1 fully saturated rings. The van der Waals surface area contributed by atoms with E-state index in [0.717, 1.165) is 38.5 Å². The van der Waals surface area contributed by atoms with Crippen LogP contribution in [0.4, 0.5) is 0 Å². The minimum Gasteiger partial charge on any atom is -0.392 e. The van der Waals surface area contributed by atoms with Gasteiger partial charge in [-0.3, -0.25) is 9.59 Å². The molecule has 0 saturated heterocycles. The number of hydrogen-bond acceptors (Lipinski definition) is 3. The Balaban J connectivity index is 2.41. The summed E-state index contributed by atoms with van der Waals surface area (Å²) in [5.74, 6) is -0.364. The number of primary amides is 1. The number of nitrogens with two attached hydrogens (primary N) is 2. The molecule has 0 bridgehead atoms. The van der Waals surface area contributed by atoms with Crippen molar-refractivity contribution in [2.45, 2.75) is 51.4 Å². The van der Waals surface area contributed by atoms with Crippen LogP contribution in [-0.2, 0) is 9.59 Å². The fraction of sp³-hybridized carbons (Fsp3) is 0.769. The maximum Gasteiger partial charge on any atom is 0.233 e. The standard InChI is InChI=1S/C13H23N3O2S/c14-10(17)6-2-5-9-16-12(18)13(11(15)19)7-3-1-4-8-13/h1-9H2,(H2,14,17)(H2,15,19)(H,16,18). The van der Waals surface area contributed by atoms with Gasteiger partial charge in [-0.1, -0.05) is 31.5 Å². The van der Waals surface area contributed by atoms with Crippen molar-refractivity contribution in [1.82, 2.24) is 5.32 Å². The van der Waals surface area contributed by atoms with Gasteiger partial charge in [0.25, 0.3) is 0 Å². The highest BCUT2D eigenvalue weighted by Crippen LogP contribution is 2.36. The quantitative estimate of drug-likeness (QED) is 0.480. The zero-order chi connectivity index (χ0) is 14.3. The first-order valence-electron chi connectivity index (χ1n) is 6.85. The predicted octanol–water partition coefficient (Wildman–Crippen LogP) is 0.995. The second kappa shape index (κ2) is 7.43. The maximum absolute atomic E-state index is 12.3. The normalized spacial score (nSPS) is 17.7. The zero-order valence-corrected chi connectivity index (χ0v) is 12.1. The number of nitrogens with one attached hydrogen (secondary N) is 1. The number of rotatable bonds is 7. The first-order chi connectivity index (χ1) is 8.99. The van der Waals surface area contributed by atoms with Crippen LogP contribution in [0.3, 0.4) is 0 Å². The van der Waals surface area contributed by atoms with Crippen molar-refractivity contribution in [3.8, 4) is 0 Å². The third-order valence-corrected chi connectivity index (χ3v) is 4.14. The summed E-state index contributed by atoms with van der Waals surface area (Å²) in [7, 11) is 0. The third kappa shape index (κ3) is 4.45. The molecular weight excluding hydrogens is 262 g/mol. The average Bonchev–Trinajstić information content (AvgIpc) is 2.38. The zero-order valence-electron chi connectivity index (χ0n) is 11.2. The van der Waals surface area contributed by atoms with Crippen molar-refractivity contribution in [1.29, 1.82) is 0 Å². The minimum atomic E-state index is -0.655. The lowest BCUT2D eigenvalue weighted by Gasteiger charge is -2.34. The predicted molar refractivity (Wildman–Crippen MR) is 78.4 cm³/mol. The van der Waals surface area contributed by atoms with Crippen molar-refractivity contribution < 1.29 is 9.59 Å². The molecule has 0 unspecified atom stereocenters. The SMILES string of the molecule is NC(=O)CCCCNC(=O)C1(C(N)=S)CCCCC1. The molecule has 2 amide bonds. The van der Waals surface area contributed by atoms with Gasteiger partial charge in [0, 0.05) is 13.0 Å². The lowest BCUT2D eigenvalue weighted by molar-refractivity contribution is -0.128. The van der Waals surface area contributed by atoms with Crippen molar-refractivity contribution in [3.63, 3.8) is 0 Å². The summed E-state index contributed by atoms with van der Waals surface area (Å²) in [5.41, 5.74) is 10.2. The molecule has 108 valence electrons. The fourth-order valence-electron chi connectivity index (χ4n) is 2.54. The second-order valence-corrected chi connectivity index (χ2v) is 5.63. The van der Waals surface area contributed by atoms with Crippen molar-refractivity contribution in [2.24, 2.45) is 16.9 Å². The minimum absolute atomic E-state index is 0.0567. The molecule has 0 radical (unpaired) electrons. The highest BCUT2D eigenvalue weighted by atomic mass is 32.1. The number of amides is 2. The molecule has 0 aromatic rings.